The molecule has 1 N–H and O–H groups in total. The van der Waals surface area contributed by atoms with Gasteiger partial charge in [0.25, 0.3) is 0 Å². The fourth-order valence-electron chi connectivity index (χ4n) is 2.79. The molecular formula is C21H23NO4. The van der Waals surface area contributed by atoms with Gasteiger partial charge in [-0.25, -0.2) is 0 Å². The van der Waals surface area contributed by atoms with E-state index >= 15 is 0 Å². The Morgan fingerprint density at radius 2 is 1.85 bits per heavy atom. The average Bonchev–Trinajstić information content (AvgIpc) is 2.61. The maximum Gasteiger partial charge on any atom is 0.197 e. The van der Waals surface area contributed by atoms with E-state index in [0.717, 1.165) is 24.9 Å². The standard InChI is InChI=1S/C21H23NO4/c1-22(2)10-6-7-11-25-16-12-17(23)21-18(24)14-19(26-20(21)13-16)15-8-4-3-5-9-15/h3-5,8-9,12-14,23H,6-7,10-11H2,1-2H3. The summed E-state index contributed by atoms with van der Waals surface area (Å²) in [5.41, 5.74) is 0.848. The molecule has 1 heterocycles. The third-order valence-corrected chi connectivity index (χ3v) is 4.11. The maximum absolute atomic E-state index is 12.4. The fraction of sp³-hybridized carbons (Fsp3) is 0.286. The van der Waals surface area contributed by atoms with Crippen LogP contribution >= 0.6 is 0 Å². The van der Waals surface area contributed by atoms with Crippen LogP contribution < -0.4 is 10.2 Å². The summed E-state index contributed by atoms with van der Waals surface area (Å²) in [7, 11) is 4.07. The lowest BCUT2D eigenvalue weighted by atomic mass is 10.1. The monoisotopic (exact) mass is 353 g/mol. The fourth-order valence-corrected chi connectivity index (χ4v) is 2.79. The van der Waals surface area contributed by atoms with Gasteiger partial charge in [-0.3, -0.25) is 4.79 Å². The van der Waals surface area contributed by atoms with E-state index in [2.05, 4.69) is 4.90 Å². The van der Waals surface area contributed by atoms with Gasteiger partial charge in [-0.15, -0.1) is 0 Å². The summed E-state index contributed by atoms with van der Waals surface area (Å²) in [6.45, 7) is 1.54. The molecule has 1 aromatic heterocycles. The zero-order chi connectivity index (χ0) is 18.5. The minimum Gasteiger partial charge on any atom is -0.507 e. The molecule has 0 amide bonds. The summed E-state index contributed by atoms with van der Waals surface area (Å²) >= 11 is 0. The number of nitrogens with zero attached hydrogens (tertiary/aromatic N) is 1. The first-order chi connectivity index (χ1) is 12.5. The Labute approximate surface area is 152 Å². The van der Waals surface area contributed by atoms with Crippen LogP contribution in [0.25, 0.3) is 22.3 Å². The third kappa shape index (κ3) is 4.24. The molecule has 0 aliphatic rings. The number of unbranched alkanes of at least 4 members (excludes halogenated alkanes) is 1. The summed E-state index contributed by atoms with van der Waals surface area (Å²) in [6.07, 6.45) is 1.94. The molecule has 0 atom stereocenters. The summed E-state index contributed by atoms with van der Waals surface area (Å²) in [4.78, 5) is 14.5. The quantitative estimate of drug-likeness (QED) is 0.653. The van der Waals surface area contributed by atoms with Crippen molar-refractivity contribution in [1.82, 2.24) is 4.90 Å². The van der Waals surface area contributed by atoms with Crippen molar-refractivity contribution >= 4 is 11.0 Å². The first-order valence-corrected chi connectivity index (χ1v) is 8.68. The molecule has 0 radical (unpaired) electrons. The van der Waals surface area contributed by atoms with Gasteiger partial charge in [-0.1, -0.05) is 30.3 Å². The van der Waals surface area contributed by atoms with E-state index in [9.17, 15) is 9.90 Å². The Balaban J connectivity index is 1.85. The highest BCUT2D eigenvalue weighted by atomic mass is 16.5. The van der Waals surface area contributed by atoms with Crippen LogP contribution in [-0.4, -0.2) is 37.3 Å². The molecule has 0 bridgehead atoms. The van der Waals surface area contributed by atoms with Crippen LogP contribution in [0.2, 0.25) is 0 Å². The van der Waals surface area contributed by atoms with Crippen LogP contribution in [-0.2, 0) is 0 Å². The van der Waals surface area contributed by atoms with Crippen LogP contribution in [0.15, 0.2) is 57.7 Å². The average molecular weight is 353 g/mol. The zero-order valence-corrected chi connectivity index (χ0v) is 15.1. The molecule has 0 aliphatic heterocycles. The van der Waals surface area contributed by atoms with Gasteiger partial charge in [-0.2, -0.15) is 0 Å². The second-order valence-electron chi connectivity index (χ2n) is 6.52. The van der Waals surface area contributed by atoms with Crippen LogP contribution in [0.4, 0.5) is 0 Å². The molecule has 0 aliphatic carbocycles. The number of aromatic hydroxyl groups is 1. The number of hydrogen-bond acceptors (Lipinski definition) is 5. The topological polar surface area (TPSA) is 62.9 Å². The second-order valence-corrected chi connectivity index (χ2v) is 6.52. The Hall–Kier alpha value is -2.79. The molecular weight excluding hydrogens is 330 g/mol. The lowest BCUT2D eigenvalue weighted by molar-refractivity contribution is 0.292. The van der Waals surface area contributed by atoms with Gasteiger partial charge in [0.1, 0.15) is 28.2 Å². The molecule has 5 nitrogen and oxygen atoms in total. The first kappa shape index (κ1) is 18.0. The van der Waals surface area contributed by atoms with Crippen molar-refractivity contribution < 1.29 is 14.3 Å². The van der Waals surface area contributed by atoms with Gasteiger partial charge < -0.3 is 19.2 Å². The molecule has 3 rings (SSSR count). The van der Waals surface area contributed by atoms with E-state index in [1.54, 1.807) is 6.07 Å². The van der Waals surface area contributed by atoms with E-state index in [0.29, 0.717) is 23.7 Å². The van der Waals surface area contributed by atoms with Crippen molar-refractivity contribution in [3.63, 3.8) is 0 Å². The van der Waals surface area contributed by atoms with E-state index < -0.39 is 0 Å². The summed E-state index contributed by atoms with van der Waals surface area (Å²) in [5.74, 6) is 0.831. The molecule has 26 heavy (non-hydrogen) atoms. The second kappa shape index (κ2) is 8.06. The Bertz CT molecular complexity index is 932. The number of ether oxygens (including phenoxy) is 1. The molecule has 2 aromatic carbocycles. The highest BCUT2D eigenvalue weighted by Gasteiger charge is 2.12. The number of fused-ring (bicyclic) bond motifs is 1. The predicted molar refractivity (Wildman–Crippen MR) is 103 cm³/mol. The molecule has 0 unspecified atom stereocenters. The van der Waals surface area contributed by atoms with Crippen LogP contribution in [0.5, 0.6) is 11.5 Å². The molecule has 0 spiro atoms. The minimum absolute atomic E-state index is 0.126. The van der Waals surface area contributed by atoms with Gasteiger partial charge in [0.05, 0.1) is 6.61 Å². The predicted octanol–water partition coefficient (Wildman–Crippen LogP) is 3.89. The molecule has 5 heteroatoms. The number of phenolic OH excluding ortho intramolecular Hbond substituents is 1. The molecule has 0 fully saturated rings. The Morgan fingerprint density at radius 1 is 1.08 bits per heavy atom. The maximum atomic E-state index is 12.4. The number of benzene rings is 2. The van der Waals surface area contributed by atoms with Crippen LogP contribution in [0, 0.1) is 0 Å². The normalized spacial score (nSPS) is 11.2. The highest BCUT2D eigenvalue weighted by molar-refractivity contribution is 5.86. The lowest BCUT2D eigenvalue weighted by Crippen LogP contribution is -2.13. The molecule has 3 aromatic rings. The molecule has 0 saturated heterocycles. The van der Waals surface area contributed by atoms with E-state index in [-0.39, 0.29) is 16.6 Å². The number of hydrogen-bond donors (Lipinski definition) is 1. The highest BCUT2D eigenvalue weighted by Crippen LogP contribution is 2.31. The SMILES string of the molecule is CN(C)CCCCOc1cc(O)c2c(=O)cc(-c3ccccc3)oc2c1. The van der Waals surface area contributed by atoms with Crippen molar-refractivity contribution in [2.75, 3.05) is 27.2 Å². The van der Waals surface area contributed by atoms with Crippen molar-refractivity contribution in [1.29, 1.82) is 0 Å². The largest absolute Gasteiger partial charge is 0.507 e. The summed E-state index contributed by atoms with van der Waals surface area (Å²) < 4.78 is 11.6. The van der Waals surface area contributed by atoms with Crippen LogP contribution in [0.3, 0.4) is 0 Å². The van der Waals surface area contributed by atoms with Gasteiger partial charge >= 0.3 is 0 Å². The zero-order valence-electron chi connectivity index (χ0n) is 15.1. The van der Waals surface area contributed by atoms with Gasteiger partial charge in [0, 0.05) is 23.8 Å². The summed E-state index contributed by atoms with van der Waals surface area (Å²) in [5, 5.41) is 10.4. The van der Waals surface area contributed by atoms with Gasteiger partial charge in [0.2, 0.25) is 0 Å². The van der Waals surface area contributed by atoms with E-state index in [1.165, 1.54) is 12.1 Å². The van der Waals surface area contributed by atoms with Crippen molar-refractivity contribution in [3.8, 4) is 22.8 Å². The van der Waals surface area contributed by atoms with Crippen molar-refractivity contribution in [3.05, 3.63) is 58.8 Å². The van der Waals surface area contributed by atoms with Gasteiger partial charge in [-0.05, 0) is 33.5 Å². The number of rotatable bonds is 7. The summed E-state index contributed by atoms with van der Waals surface area (Å²) in [6, 6.07) is 13.9. The molecule has 136 valence electrons. The van der Waals surface area contributed by atoms with Crippen molar-refractivity contribution in [2.45, 2.75) is 12.8 Å². The van der Waals surface area contributed by atoms with Crippen molar-refractivity contribution in [2.24, 2.45) is 0 Å². The first-order valence-electron chi connectivity index (χ1n) is 8.68. The van der Waals surface area contributed by atoms with E-state index in [1.807, 2.05) is 44.4 Å². The smallest absolute Gasteiger partial charge is 0.197 e. The molecule has 0 saturated carbocycles. The van der Waals surface area contributed by atoms with Gasteiger partial charge in [0.15, 0.2) is 5.43 Å². The Morgan fingerprint density at radius 3 is 2.58 bits per heavy atom. The van der Waals surface area contributed by atoms with E-state index in [4.69, 9.17) is 9.15 Å². The minimum atomic E-state index is -0.278. The number of phenols is 1. The van der Waals surface area contributed by atoms with Crippen LogP contribution in [0.1, 0.15) is 12.8 Å². The third-order valence-electron chi connectivity index (χ3n) is 4.11. The Kier molecular flexibility index (Phi) is 5.58. The lowest BCUT2D eigenvalue weighted by Gasteiger charge is -2.11.